The second-order valence-corrected chi connectivity index (χ2v) is 5.59. The highest BCUT2D eigenvalue weighted by Crippen LogP contribution is 2.21. The van der Waals surface area contributed by atoms with Gasteiger partial charge in [0.2, 0.25) is 5.88 Å². The van der Waals surface area contributed by atoms with Crippen LogP contribution in [0.2, 0.25) is 0 Å². The van der Waals surface area contributed by atoms with Gasteiger partial charge in [-0.2, -0.15) is 0 Å². The van der Waals surface area contributed by atoms with Crippen molar-refractivity contribution >= 4 is 0 Å². The molecule has 3 rings (SSSR count). The molecule has 1 aromatic rings. The normalized spacial score (nSPS) is 22.7. The van der Waals surface area contributed by atoms with E-state index in [4.69, 9.17) is 9.47 Å². The first-order valence-corrected chi connectivity index (χ1v) is 7.22. The van der Waals surface area contributed by atoms with Crippen LogP contribution in [0.15, 0.2) is 12.1 Å². The molecule has 1 N–H and O–H groups in total. The molecule has 1 atom stereocenters. The minimum absolute atomic E-state index is 0.526. The van der Waals surface area contributed by atoms with E-state index in [1.807, 2.05) is 6.07 Å². The second kappa shape index (κ2) is 5.88. The zero-order chi connectivity index (χ0) is 13.1. The number of aryl methyl sites for hydroxylation is 1. The molecule has 1 aromatic heterocycles. The summed E-state index contributed by atoms with van der Waals surface area (Å²) in [6.07, 6.45) is 3.73. The summed E-state index contributed by atoms with van der Waals surface area (Å²) in [7, 11) is 0. The molecule has 4 nitrogen and oxygen atoms in total. The predicted octanol–water partition coefficient (Wildman–Crippen LogP) is 2.06. The van der Waals surface area contributed by atoms with Crippen LogP contribution in [0.25, 0.3) is 0 Å². The summed E-state index contributed by atoms with van der Waals surface area (Å²) < 4.78 is 11.1. The molecule has 0 radical (unpaired) electrons. The molecule has 1 saturated carbocycles. The predicted molar refractivity (Wildman–Crippen MR) is 73.3 cm³/mol. The minimum atomic E-state index is 0.526. The summed E-state index contributed by atoms with van der Waals surface area (Å²) in [5.41, 5.74) is 2.33. The highest BCUT2D eigenvalue weighted by molar-refractivity contribution is 5.25. The van der Waals surface area contributed by atoms with Gasteiger partial charge in [0.15, 0.2) is 0 Å². The van der Waals surface area contributed by atoms with Crippen molar-refractivity contribution in [2.75, 3.05) is 19.8 Å². The summed E-state index contributed by atoms with van der Waals surface area (Å²) >= 11 is 0. The number of rotatable bonds is 6. The van der Waals surface area contributed by atoms with E-state index in [0.717, 1.165) is 43.8 Å². The number of nitrogens with zero attached hydrogens (tertiary/aromatic N) is 1. The Morgan fingerprint density at radius 1 is 1.37 bits per heavy atom. The van der Waals surface area contributed by atoms with Crippen LogP contribution in [-0.2, 0) is 11.3 Å². The number of hydrogen-bond donors (Lipinski definition) is 1. The Kier molecular flexibility index (Phi) is 3.99. The highest BCUT2D eigenvalue weighted by atomic mass is 16.5. The summed E-state index contributed by atoms with van der Waals surface area (Å²) in [6.45, 7) is 5.37. The van der Waals surface area contributed by atoms with Crippen molar-refractivity contribution in [3.63, 3.8) is 0 Å². The van der Waals surface area contributed by atoms with Gasteiger partial charge in [-0.1, -0.05) is 6.07 Å². The van der Waals surface area contributed by atoms with E-state index in [-0.39, 0.29) is 0 Å². The Morgan fingerprint density at radius 2 is 2.26 bits per heavy atom. The van der Waals surface area contributed by atoms with Gasteiger partial charge in [-0.15, -0.1) is 0 Å². The molecule has 2 aliphatic rings. The average Bonchev–Trinajstić information content (AvgIpc) is 3.09. The Labute approximate surface area is 114 Å². The van der Waals surface area contributed by atoms with E-state index in [2.05, 4.69) is 23.3 Å². The van der Waals surface area contributed by atoms with Crippen LogP contribution >= 0.6 is 0 Å². The third-order valence-electron chi connectivity index (χ3n) is 3.82. The van der Waals surface area contributed by atoms with Crippen LogP contribution in [0.3, 0.4) is 0 Å². The Balaban J connectivity index is 1.51. The van der Waals surface area contributed by atoms with Crippen LogP contribution < -0.4 is 10.1 Å². The SMILES string of the molecule is Cc1nc(OCC2CCOC2)ccc1CNC1CC1. The van der Waals surface area contributed by atoms with Crippen molar-refractivity contribution in [2.24, 2.45) is 5.92 Å². The molecule has 104 valence electrons. The molecule has 1 unspecified atom stereocenters. The van der Waals surface area contributed by atoms with E-state index in [1.165, 1.54) is 18.4 Å². The molecule has 0 amide bonds. The lowest BCUT2D eigenvalue weighted by molar-refractivity contribution is 0.165. The molecule has 2 fully saturated rings. The minimum Gasteiger partial charge on any atom is -0.477 e. The van der Waals surface area contributed by atoms with Crippen molar-refractivity contribution in [1.29, 1.82) is 0 Å². The van der Waals surface area contributed by atoms with Crippen LogP contribution in [0.1, 0.15) is 30.5 Å². The standard InChI is InChI=1S/C15H22N2O2/c1-11-13(8-16-14-3-4-14)2-5-15(17-11)19-10-12-6-7-18-9-12/h2,5,12,14,16H,3-4,6-10H2,1H3. The van der Waals surface area contributed by atoms with Gasteiger partial charge in [-0.25, -0.2) is 4.98 Å². The maximum Gasteiger partial charge on any atom is 0.213 e. The lowest BCUT2D eigenvalue weighted by Gasteiger charge is -2.12. The first kappa shape index (κ1) is 12.9. The molecule has 1 saturated heterocycles. The van der Waals surface area contributed by atoms with Gasteiger partial charge < -0.3 is 14.8 Å². The van der Waals surface area contributed by atoms with E-state index in [1.54, 1.807) is 0 Å². The fourth-order valence-corrected chi connectivity index (χ4v) is 2.29. The Hall–Kier alpha value is -1.13. The van der Waals surface area contributed by atoms with Crippen molar-refractivity contribution in [1.82, 2.24) is 10.3 Å². The quantitative estimate of drug-likeness (QED) is 0.852. The third-order valence-corrected chi connectivity index (χ3v) is 3.82. The Morgan fingerprint density at radius 3 is 2.95 bits per heavy atom. The lowest BCUT2D eigenvalue weighted by Crippen LogP contribution is -2.17. The third kappa shape index (κ3) is 3.67. The van der Waals surface area contributed by atoms with Crippen LogP contribution in [0, 0.1) is 12.8 Å². The summed E-state index contributed by atoms with van der Waals surface area (Å²) in [5, 5.41) is 3.51. The van der Waals surface area contributed by atoms with Crippen molar-refractivity contribution in [3.8, 4) is 5.88 Å². The lowest BCUT2D eigenvalue weighted by atomic mass is 10.1. The largest absolute Gasteiger partial charge is 0.477 e. The van der Waals surface area contributed by atoms with Crippen molar-refractivity contribution in [2.45, 2.75) is 38.8 Å². The monoisotopic (exact) mass is 262 g/mol. The average molecular weight is 262 g/mol. The van der Waals surface area contributed by atoms with E-state index < -0.39 is 0 Å². The van der Waals surface area contributed by atoms with Gasteiger partial charge in [0, 0.05) is 36.9 Å². The molecule has 0 bridgehead atoms. The topological polar surface area (TPSA) is 43.4 Å². The van der Waals surface area contributed by atoms with E-state index >= 15 is 0 Å². The molecule has 19 heavy (non-hydrogen) atoms. The van der Waals surface area contributed by atoms with Gasteiger partial charge in [0.25, 0.3) is 0 Å². The van der Waals surface area contributed by atoms with Gasteiger partial charge in [-0.05, 0) is 31.7 Å². The number of nitrogens with one attached hydrogen (secondary N) is 1. The highest BCUT2D eigenvalue weighted by Gasteiger charge is 2.20. The molecule has 4 heteroatoms. The van der Waals surface area contributed by atoms with E-state index in [0.29, 0.717) is 12.5 Å². The summed E-state index contributed by atoms with van der Waals surface area (Å²) in [4.78, 5) is 4.53. The van der Waals surface area contributed by atoms with Gasteiger partial charge in [-0.3, -0.25) is 0 Å². The van der Waals surface area contributed by atoms with Crippen LogP contribution in [0.5, 0.6) is 5.88 Å². The van der Waals surface area contributed by atoms with Crippen molar-refractivity contribution in [3.05, 3.63) is 23.4 Å². The molecule has 1 aliphatic carbocycles. The number of ether oxygens (including phenoxy) is 2. The van der Waals surface area contributed by atoms with E-state index in [9.17, 15) is 0 Å². The maximum absolute atomic E-state index is 5.75. The smallest absolute Gasteiger partial charge is 0.213 e. The Bertz CT molecular complexity index is 426. The maximum atomic E-state index is 5.75. The van der Waals surface area contributed by atoms with Crippen molar-refractivity contribution < 1.29 is 9.47 Å². The summed E-state index contributed by atoms with van der Waals surface area (Å²) in [6, 6.07) is 4.84. The first-order chi connectivity index (χ1) is 9.31. The molecular weight excluding hydrogens is 240 g/mol. The first-order valence-electron chi connectivity index (χ1n) is 7.22. The van der Waals surface area contributed by atoms with Gasteiger partial charge >= 0.3 is 0 Å². The second-order valence-electron chi connectivity index (χ2n) is 5.59. The van der Waals surface area contributed by atoms with Gasteiger partial charge in [0.1, 0.15) is 0 Å². The number of aromatic nitrogens is 1. The fourth-order valence-electron chi connectivity index (χ4n) is 2.29. The number of hydrogen-bond acceptors (Lipinski definition) is 4. The molecule has 0 spiro atoms. The molecule has 0 aromatic carbocycles. The van der Waals surface area contributed by atoms with Crippen LogP contribution in [-0.4, -0.2) is 30.8 Å². The summed E-state index contributed by atoms with van der Waals surface area (Å²) in [5.74, 6) is 1.26. The zero-order valence-electron chi connectivity index (χ0n) is 11.5. The zero-order valence-corrected chi connectivity index (χ0v) is 11.5. The molecular formula is C15H22N2O2. The fraction of sp³-hybridized carbons (Fsp3) is 0.667. The van der Waals surface area contributed by atoms with Gasteiger partial charge in [0.05, 0.1) is 13.2 Å². The van der Waals surface area contributed by atoms with Crippen LogP contribution in [0.4, 0.5) is 0 Å². The number of pyridine rings is 1. The molecule has 2 heterocycles. The molecule has 1 aliphatic heterocycles.